The first-order valence-corrected chi connectivity index (χ1v) is 6.71. The van der Waals surface area contributed by atoms with Crippen molar-refractivity contribution in [3.05, 3.63) is 34.9 Å². The number of hydrogen-bond acceptors (Lipinski definition) is 3. The maximum atomic E-state index is 11.3. The van der Waals surface area contributed by atoms with Gasteiger partial charge in [0.05, 0.1) is 6.61 Å². The molecule has 0 aromatic heterocycles. The minimum Gasteiger partial charge on any atom is -0.466 e. The molecule has 1 aliphatic rings. The lowest BCUT2D eigenvalue weighted by atomic mass is 9.87. The number of rotatable bonds is 4. The van der Waals surface area contributed by atoms with E-state index in [0.717, 1.165) is 25.7 Å². The molecule has 0 bridgehead atoms. The molecule has 19 heavy (non-hydrogen) atoms. The first kappa shape index (κ1) is 16.0. The van der Waals surface area contributed by atoms with Crippen LogP contribution in [0.1, 0.15) is 36.5 Å². The maximum absolute atomic E-state index is 11.3. The standard InChI is InChI=1S/C15H21NO2.ClH/c1-2-18-15(17)8-4-11-3-5-12-6-7-14(16)10-13(12)9-11;/h3,5,9,14H,2,4,6-8,10,16H2,1H3;1H/t14-;/m0./s1. The number of aryl methyl sites for hydroxylation is 2. The molecule has 0 heterocycles. The van der Waals surface area contributed by atoms with Gasteiger partial charge in [-0.25, -0.2) is 0 Å². The van der Waals surface area contributed by atoms with E-state index >= 15 is 0 Å². The summed E-state index contributed by atoms with van der Waals surface area (Å²) < 4.78 is 4.93. The second-order valence-electron chi connectivity index (χ2n) is 4.91. The first-order valence-electron chi connectivity index (χ1n) is 6.71. The van der Waals surface area contributed by atoms with Crippen molar-refractivity contribution in [2.24, 2.45) is 5.73 Å². The highest BCUT2D eigenvalue weighted by Gasteiger charge is 2.15. The van der Waals surface area contributed by atoms with Gasteiger partial charge in [0.1, 0.15) is 0 Å². The van der Waals surface area contributed by atoms with Crippen molar-refractivity contribution in [1.29, 1.82) is 0 Å². The summed E-state index contributed by atoms with van der Waals surface area (Å²) >= 11 is 0. The van der Waals surface area contributed by atoms with Crippen LogP contribution in [-0.2, 0) is 28.8 Å². The van der Waals surface area contributed by atoms with Crippen LogP contribution in [0.3, 0.4) is 0 Å². The Labute approximate surface area is 120 Å². The molecule has 1 aliphatic carbocycles. The Kier molecular flexibility index (Phi) is 6.32. The van der Waals surface area contributed by atoms with Gasteiger partial charge in [-0.05, 0) is 49.3 Å². The molecule has 0 amide bonds. The molecule has 0 saturated heterocycles. The van der Waals surface area contributed by atoms with Crippen LogP contribution in [0.5, 0.6) is 0 Å². The summed E-state index contributed by atoms with van der Waals surface area (Å²) in [6, 6.07) is 6.79. The fourth-order valence-corrected chi connectivity index (χ4v) is 2.47. The average Bonchev–Trinajstić information content (AvgIpc) is 2.36. The lowest BCUT2D eigenvalue weighted by Crippen LogP contribution is -2.27. The average molecular weight is 284 g/mol. The topological polar surface area (TPSA) is 52.3 Å². The summed E-state index contributed by atoms with van der Waals surface area (Å²) in [7, 11) is 0. The normalized spacial score (nSPS) is 17.3. The van der Waals surface area contributed by atoms with Crippen molar-refractivity contribution in [1.82, 2.24) is 0 Å². The molecule has 1 aromatic carbocycles. The molecule has 0 spiro atoms. The van der Waals surface area contributed by atoms with E-state index in [9.17, 15) is 4.79 Å². The number of carbonyl (C=O) groups excluding carboxylic acids is 1. The monoisotopic (exact) mass is 283 g/mol. The quantitative estimate of drug-likeness (QED) is 0.864. The molecule has 2 rings (SSSR count). The predicted octanol–water partition coefficient (Wildman–Crippen LogP) is 2.42. The highest BCUT2D eigenvalue weighted by Crippen LogP contribution is 2.22. The molecular formula is C15H22ClNO2. The van der Waals surface area contributed by atoms with Crippen molar-refractivity contribution < 1.29 is 9.53 Å². The van der Waals surface area contributed by atoms with Crippen molar-refractivity contribution in [3.8, 4) is 0 Å². The highest BCUT2D eigenvalue weighted by atomic mass is 35.5. The van der Waals surface area contributed by atoms with Crippen LogP contribution in [0.25, 0.3) is 0 Å². The first-order chi connectivity index (χ1) is 8.69. The second kappa shape index (κ2) is 7.51. The number of nitrogens with two attached hydrogens (primary N) is 1. The van der Waals surface area contributed by atoms with E-state index in [1.807, 2.05) is 6.92 Å². The zero-order valence-corrected chi connectivity index (χ0v) is 12.2. The zero-order chi connectivity index (χ0) is 13.0. The van der Waals surface area contributed by atoms with Crippen molar-refractivity contribution in [2.75, 3.05) is 6.61 Å². The van der Waals surface area contributed by atoms with Crippen molar-refractivity contribution >= 4 is 18.4 Å². The number of hydrogen-bond donors (Lipinski definition) is 1. The Morgan fingerprint density at radius 2 is 2.21 bits per heavy atom. The van der Waals surface area contributed by atoms with Crippen molar-refractivity contribution in [3.63, 3.8) is 0 Å². The summed E-state index contributed by atoms with van der Waals surface area (Å²) in [6.07, 6.45) is 4.33. The summed E-state index contributed by atoms with van der Waals surface area (Å²) in [5.41, 5.74) is 9.96. The smallest absolute Gasteiger partial charge is 0.306 e. The van der Waals surface area contributed by atoms with Gasteiger partial charge in [0.2, 0.25) is 0 Å². The van der Waals surface area contributed by atoms with Gasteiger partial charge in [-0.1, -0.05) is 18.2 Å². The van der Waals surface area contributed by atoms with E-state index in [1.54, 1.807) is 0 Å². The number of fused-ring (bicyclic) bond motifs is 1. The van der Waals surface area contributed by atoms with Gasteiger partial charge < -0.3 is 10.5 Å². The molecule has 1 atom stereocenters. The predicted molar refractivity (Wildman–Crippen MR) is 78.6 cm³/mol. The number of carbonyl (C=O) groups is 1. The molecule has 0 radical (unpaired) electrons. The van der Waals surface area contributed by atoms with Crippen LogP contribution in [0.4, 0.5) is 0 Å². The summed E-state index contributed by atoms with van der Waals surface area (Å²) in [4.78, 5) is 11.3. The van der Waals surface area contributed by atoms with Crippen molar-refractivity contribution in [2.45, 2.75) is 45.1 Å². The number of ether oxygens (including phenoxy) is 1. The molecule has 0 unspecified atom stereocenters. The molecule has 106 valence electrons. The summed E-state index contributed by atoms with van der Waals surface area (Å²) in [5.74, 6) is -0.119. The van der Waals surface area contributed by atoms with Gasteiger partial charge in [-0.15, -0.1) is 12.4 Å². The van der Waals surface area contributed by atoms with E-state index in [1.165, 1.54) is 16.7 Å². The fraction of sp³-hybridized carbons (Fsp3) is 0.533. The van der Waals surface area contributed by atoms with E-state index in [4.69, 9.17) is 10.5 Å². The van der Waals surface area contributed by atoms with Gasteiger partial charge in [0.15, 0.2) is 0 Å². The minimum absolute atomic E-state index is 0. The van der Waals surface area contributed by atoms with E-state index in [-0.39, 0.29) is 24.4 Å². The van der Waals surface area contributed by atoms with E-state index in [2.05, 4.69) is 18.2 Å². The number of halogens is 1. The van der Waals surface area contributed by atoms with Crippen LogP contribution in [0.2, 0.25) is 0 Å². The lowest BCUT2D eigenvalue weighted by molar-refractivity contribution is -0.143. The molecule has 0 aliphatic heterocycles. The van der Waals surface area contributed by atoms with Gasteiger partial charge in [-0.2, -0.15) is 0 Å². The largest absolute Gasteiger partial charge is 0.466 e. The third-order valence-electron chi connectivity index (χ3n) is 3.46. The van der Waals surface area contributed by atoms with Crippen LogP contribution in [0, 0.1) is 0 Å². The molecule has 1 aromatic rings. The molecule has 2 N–H and O–H groups in total. The second-order valence-corrected chi connectivity index (χ2v) is 4.91. The molecule has 0 fully saturated rings. The zero-order valence-electron chi connectivity index (χ0n) is 11.4. The Morgan fingerprint density at radius 3 is 2.95 bits per heavy atom. The Morgan fingerprint density at radius 1 is 1.42 bits per heavy atom. The lowest BCUT2D eigenvalue weighted by Gasteiger charge is -2.22. The van der Waals surface area contributed by atoms with Crippen LogP contribution in [0.15, 0.2) is 18.2 Å². The SMILES string of the molecule is CCOC(=O)CCc1ccc2c(c1)C[C@@H](N)CC2.Cl. The fourth-order valence-electron chi connectivity index (χ4n) is 2.47. The van der Waals surface area contributed by atoms with Crippen LogP contribution in [-0.4, -0.2) is 18.6 Å². The minimum atomic E-state index is -0.119. The van der Waals surface area contributed by atoms with Gasteiger partial charge >= 0.3 is 5.97 Å². The van der Waals surface area contributed by atoms with Crippen LogP contribution >= 0.6 is 12.4 Å². The highest BCUT2D eigenvalue weighted by molar-refractivity contribution is 5.85. The molecule has 0 saturated carbocycles. The maximum Gasteiger partial charge on any atom is 0.306 e. The van der Waals surface area contributed by atoms with Gasteiger partial charge in [0, 0.05) is 12.5 Å². The Hall–Kier alpha value is -1.06. The number of benzene rings is 1. The molecule has 4 heteroatoms. The molecular weight excluding hydrogens is 262 g/mol. The van der Waals surface area contributed by atoms with Gasteiger partial charge in [-0.3, -0.25) is 4.79 Å². The number of esters is 1. The van der Waals surface area contributed by atoms with E-state index in [0.29, 0.717) is 13.0 Å². The summed E-state index contributed by atoms with van der Waals surface area (Å²) in [6.45, 7) is 2.29. The van der Waals surface area contributed by atoms with E-state index < -0.39 is 0 Å². The van der Waals surface area contributed by atoms with Crippen LogP contribution < -0.4 is 5.73 Å². The Bertz CT molecular complexity index is 434. The van der Waals surface area contributed by atoms with Gasteiger partial charge in [0.25, 0.3) is 0 Å². The Balaban J connectivity index is 0.00000180. The third-order valence-corrected chi connectivity index (χ3v) is 3.46. The third kappa shape index (κ3) is 4.51. The molecule has 3 nitrogen and oxygen atoms in total. The summed E-state index contributed by atoms with van der Waals surface area (Å²) in [5, 5.41) is 0.